The van der Waals surface area contributed by atoms with E-state index in [2.05, 4.69) is 61.7 Å². The second kappa shape index (κ2) is 8.84. The number of aromatic nitrogens is 2. The van der Waals surface area contributed by atoms with Gasteiger partial charge >= 0.3 is 0 Å². The van der Waals surface area contributed by atoms with Crippen LogP contribution < -0.4 is 10.9 Å². The molecule has 0 bridgehead atoms. The minimum atomic E-state index is -0.728. The van der Waals surface area contributed by atoms with Crippen LogP contribution in [0.1, 0.15) is 59.1 Å². The van der Waals surface area contributed by atoms with Crippen molar-refractivity contribution < 1.29 is 5.11 Å². The summed E-state index contributed by atoms with van der Waals surface area (Å²) >= 11 is 0. The van der Waals surface area contributed by atoms with Crippen molar-refractivity contribution in [3.63, 3.8) is 0 Å². The van der Waals surface area contributed by atoms with E-state index in [9.17, 15) is 9.90 Å². The normalized spacial score (nSPS) is 13.1. The lowest BCUT2D eigenvalue weighted by Crippen LogP contribution is -2.31. The van der Waals surface area contributed by atoms with Gasteiger partial charge in [0.15, 0.2) is 0 Å². The van der Waals surface area contributed by atoms with E-state index in [0.29, 0.717) is 28.7 Å². The van der Waals surface area contributed by atoms with E-state index >= 15 is 0 Å². The van der Waals surface area contributed by atoms with Gasteiger partial charge in [-0.05, 0) is 37.5 Å². The average Bonchev–Trinajstić information content (AvgIpc) is 2.70. The molecule has 2 aromatic heterocycles. The number of aliphatic hydroxyl groups is 1. The predicted octanol–water partition coefficient (Wildman–Crippen LogP) is 4.42. The number of pyridine rings is 2. The number of aromatic amines is 1. The van der Waals surface area contributed by atoms with E-state index < -0.39 is 6.10 Å². The number of nitrogens with zero attached hydrogens (tertiary/aromatic N) is 1. The maximum absolute atomic E-state index is 12.8. The first-order valence-electron chi connectivity index (χ1n) is 10.6. The first-order valence-corrected chi connectivity index (χ1v) is 10.6. The van der Waals surface area contributed by atoms with Gasteiger partial charge in [0.25, 0.3) is 5.56 Å². The number of hydrogen-bond acceptors (Lipinski definition) is 4. The standard InChI is InChI=1S/C26H29N3O2/c1-7-8-9-19-15-27-25(31)22-21-14-18(11-10-16(2)30)12-13-20(21)24(29-23(19)22)28-17(3)26(4,5)6/h12-17,30H,7H2,1-6H3,(H,27,31)(H,28,29). The van der Waals surface area contributed by atoms with Crippen LogP contribution in [0.5, 0.6) is 0 Å². The highest BCUT2D eigenvalue weighted by molar-refractivity contribution is 6.11. The van der Waals surface area contributed by atoms with E-state index in [4.69, 9.17) is 4.98 Å². The highest BCUT2D eigenvalue weighted by Gasteiger charge is 2.22. The molecule has 2 unspecified atom stereocenters. The number of aliphatic hydroxyl groups excluding tert-OH is 1. The van der Waals surface area contributed by atoms with E-state index in [-0.39, 0.29) is 17.0 Å². The molecule has 0 aliphatic heterocycles. The molecule has 0 saturated carbocycles. The van der Waals surface area contributed by atoms with Crippen LogP contribution in [0.2, 0.25) is 0 Å². The van der Waals surface area contributed by atoms with Crippen LogP contribution in [-0.4, -0.2) is 27.2 Å². The van der Waals surface area contributed by atoms with E-state index in [1.54, 1.807) is 13.1 Å². The van der Waals surface area contributed by atoms with Gasteiger partial charge in [-0.15, -0.1) is 0 Å². The number of nitrogens with one attached hydrogen (secondary N) is 2. The topological polar surface area (TPSA) is 78.0 Å². The molecule has 0 aliphatic rings. The zero-order chi connectivity index (χ0) is 22.8. The third-order valence-electron chi connectivity index (χ3n) is 5.31. The zero-order valence-corrected chi connectivity index (χ0v) is 19.0. The fraction of sp³-hybridized carbons (Fsp3) is 0.385. The Bertz CT molecular complexity index is 1310. The van der Waals surface area contributed by atoms with E-state index in [1.165, 1.54) is 0 Å². The first-order chi connectivity index (χ1) is 14.6. The number of hydrogen-bond donors (Lipinski definition) is 3. The van der Waals surface area contributed by atoms with Crippen molar-refractivity contribution in [2.45, 2.75) is 60.1 Å². The number of anilines is 1. The van der Waals surface area contributed by atoms with Gasteiger partial charge in [0.1, 0.15) is 11.9 Å². The molecule has 0 fully saturated rings. The van der Waals surface area contributed by atoms with Crippen LogP contribution in [0, 0.1) is 29.1 Å². The summed E-state index contributed by atoms with van der Waals surface area (Å²) in [4.78, 5) is 20.5. The van der Waals surface area contributed by atoms with Gasteiger partial charge < -0.3 is 15.4 Å². The molecule has 3 aromatic rings. The Morgan fingerprint density at radius 3 is 2.58 bits per heavy atom. The number of rotatable bonds is 2. The lowest BCUT2D eigenvalue weighted by Gasteiger charge is -2.29. The van der Waals surface area contributed by atoms with Gasteiger partial charge in [-0.25, -0.2) is 4.98 Å². The Morgan fingerprint density at radius 1 is 1.19 bits per heavy atom. The summed E-state index contributed by atoms with van der Waals surface area (Å²) in [5.74, 6) is 12.6. The third-order valence-corrected chi connectivity index (χ3v) is 5.31. The molecule has 2 atom stereocenters. The van der Waals surface area contributed by atoms with Crippen molar-refractivity contribution in [1.82, 2.24) is 9.97 Å². The van der Waals surface area contributed by atoms with Crippen molar-refractivity contribution in [1.29, 1.82) is 0 Å². The molecule has 160 valence electrons. The van der Waals surface area contributed by atoms with Gasteiger partial charge in [0.2, 0.25) is 0 Å². The summed E-state index contributed by atoms with van der Waals surface area (Å²) in [6, 6.07) is 5.83. The Morgan fingerprint density at radius 2 is 1.94 bits per heavy atom. The monoisotopic (exact) mass is 415 g/mol. The molecule has 0 spiro atoms. The molecule has 3 N–H and O–H groups in total. The molecule has 1 aromatic carbocycles. The Labute approximate surface area is 183 Å². The summed E-state index contributed by atoms with van der Waals surface area (Å²) in [6.07, 6.45) is 1.61. The van der Waals surface area contributed by atoms with Gasteiger partial charge in [0.05, 0.1) is 16.5 Å². The fourth-order valence-electron chi connectivity index (χ4n) is 3.09. The molecule has 0 aliphatic carbocycles. The van der Waals surface area contributed by atoms with Crippen molar-refractivity contribution in [3.05, 3.63) is 45.9 Å². The SMILES string of the molecule is CCC#Cc1c[nH]c(=O)c2c1nc(NC(C)C(C)(C)C)c1ccc(C#CC(C)O)cc12. The van der Waals surface area contributed by atoms with Gasteiger partial charge in [0, 0.05) is 35.0 Å². The lowest BCUT2D eigenvalue weighted by molar-refractivity contribution is 0.253. The maximum Gasteiger partial charge on any atom is 0.258 e. The van der Waals surface area contributed by atoms with Gasteiger partial charge in [-0.3, -0.25) is 4.79 Å². The first kappa shape index (κ1) is 22.4. The van der Waals surface area contributed by atoms with E-state index in [1.807, 2.05) is 25.1 Å². The van der Waals surface area contributed by atoms with Crippen LogP contribution in [0.3, 0.4) is 0 Å². The highest BCUT2D eigenvalue weighted by atomic mass is 16.3. The van der Waals surface area contributed by atoms with Crippen LogP contribution in [0.25, 0.3) is 21.7 Å². The molecule has 0 amide bonds. The van der Waals surface area contributed by atoms with Gasteiger partial charge in [-0.2, -0.15) is 0 Å². The quantitative estimate of drug-likeness (QED) is 0.428. The summed E-state index contributed by atoms with van der Waals surface area (Å²) in [6.45, 7) is 12.2. The number of fused-ring (bicyclic) bond motifs is 3. The summed E-state index contributed by atoms with van der Waals surface area (Å²) < 4.78 is 0. The van der Waals surface area contributed by atoms with Crippen LogP contribution in [-0.2, 0) is 0 Å². The fourth-order valence-corrected chi connectivity index (χ4v) is 3.09. The molecular weight excluding hydrogens is 386 g/mol. The predicted molar refractivity (Wildman–Crippen MR) is 128 cm³/mol. The molecule has 2 heterocycles. The van der Waals surface area contributed by atoms with Crippen molar-refractivity contribution in [2.75, 3.05) is 5.32 Å². The summed E-state index contributed by atoms with van der Waals surface area (Å²) in [5.41, 5.74) is 1.78. The smallest absolute Gasteiger partial charge is 0.258 e. The molecule has 0 saturated heterocycles. The van der Waals surface area contributed by atoms with E-state index in [0.717, 1.165) is 16.3 Å². The summed E-state index contributed by atoms with van der Waals surface area (Å²) in [7, 11) is 0. The number of H-pyrrole nitrogens is 1. The van der Waals surface area contributed by atoms with Crippen LogP contribution >= 0.6 is 0 Å². The molecule has 5 nitrogen and oxygen atoms in total. The molecule has 3 rings (SSSR count). The average molecular weight is 416 g/mol. The van der Waals surface area contributed by atoms with Crippen molar-refractivity contribution >= 4 is 27.5 Å². The number of benzene rings is 1. The Hall–Kier alpha value is -3.28. The largest absolute Gasteiger partial charge is 0.381 e. The van der Waals surface area contributed by atoms with Crippen LogP contribution in [0.4, 0.5) is 5.82 Å². The van der Waals surface area contributed by atoms with Crippen molar-refractivity contribution in [2.24, 2.45) is 5.41 Å². The van der Waals surface area contributed by atoms with Gasteiger partial charge in [-0.1, -0.05) is 51.4 Å². The molecular formula is C26H29N3O2. The third kappa shape index (κ3) is 4.90. The highest BCUT2D eigenvalue weighted by Crippen LogP contribution is 2.32. The molecule has 31 heavy (non-hydrogen) atoms. The Kier molecular flexibility index (Phi) is 6.39. The lowest BCUT2D eigenvalue weighted by atomic mass is 9.88. The minimum Gasteiger partial charge on any atom is -0.381 e. The second-order valence-corrected chi connectivity index (χ2v) is 8.81. The summed E-state index contributed by atoms with van der Waals surface area (Å²) in [5, 5.41) is 15.2. The second-order valence-electron chi connectivity index (χ2n) is 8.81. The molecule has 0 radical (unpaired) electrons. The van der Waals surface area contributed by atoms with Crippen LogP contribution in [0.15, 0.2) is 29.2 Å². The van der Waals surface area contributed by atoms with Crippen molar-refractivity contribution in [3.8, 4) is 23.7 Å². The Balaban J connectivity index is 2.39. The zero-order valence-electron chi connectivity index (χ0n) is 19.0. The maximum atomic E-state index is 12.8. The molecule has 5 heteroatoms. The minimum absolute atomic E-state index is 0.0185.